The number of fused-ring (bicyclic) bond motifs is 2. The predicted octanol–water partition coefficient (Wildman–Crippen LogP) is -0.692. The van der Waals surface area contributed by atoms with Crippen LogP contribution in [0.3, 0.4) is 0 Å². The van der Waals surface area contributed by atoms with Crippen molar-refractivity contribution >= 4 is 74.6 Å². The first kappa shape index (κ1) is 47.0. The van der Waals surface area contributed by atoms with Crippen molar-refractivity contribution < 1.29 is 43.9 Å². The highest BCUT2D eigenvalue weighted by atomic mass is 16.6. The normalized spacial score (nSPS) is 15.6. The van der Waals surface area contributed by atoms with E-state index in [2.05, 4.69) is 36.6 Å². The number of guanidine groups is 1. The van der Waals surface area contributed by atoms with Crippen molar-refractivity contribution in [2.75, 3.05) is 38.0 Å². The number of nitrogens with two attached hydrogens (primary N) is 3. The predicted molar refractivity (Wildman–Crippen MR) is 225 cm³/mol. The van der Waals surface area contributed by atoms with Crippen molar-refractivity contribution in [3.63, 3.8) is 0 Å². The van der Waals surface area contributed by atoms with Crippen molar-refractivity contribution in [3.05, 3.63) is 52.6 Å². The fourth-order valence-electron chi connectivity index (χ4n) is 7.07. The van der Waals surface area contributed by atoms with Crippen LogP contribution in [-0.2, 0) is 28.8 Å². The number of unbranched alkanes of at least 4 members (excludes halogenated alkanes) is 1. The second kappa shape index (κ2) is 22.6. The number of aliphatic hydroxyl groups excluding tert-OH is 1. The first-order chi connectivity index (χ1) is 29.1. The summed E-state index contributed by atoms with van der Waals surface area (Å²) in [6.07, 6.45) is 0.162. The van der Waals surface area contributed by atoms with Gasteiger partial charge in [-0.05, 0) is 70.5 Å². The van der Waals surface area contributed by atoms with Crippen LogP contribution in [-0.4, -0.2) is 129 Å². The third-order valence-electron chi connectivity index (χ3n) is 10.0. The van der Waals surface area contributed by atoms with E-state index in [0.717, 1.165) is 0 Å². The molecule has 5 amide bonds. The molecule has 5 atom stereocenters. The van der Waals surface area contributed by atoms with E-state index >= 15 is 0 Å². The molecule has 22 heteroatoms. The second-order valence-corrected chi connectivity index (χ2v) is 14.6. The number of carboxylic acid groups (broad SMARTS) is 1. The van der Waals surface area contributed by atoms with Crippen LogP contribution >= 0.6 is 0 Å². The van der Waals surface area contributed by atoms with Gasteiger partial charge in [0.15, 0.2) is 5.96 Å². The zero-order valence-corrected chi connectivity index (χ0v) is 33.8. The van der Waals surface area contributed by atoms with Crippen LogP contribution in [0.4, 0.5) is 11.4 Å². The molecule has 330 valence electrons. The minimum Gasteiger partial charge on any atom is -0.480 e. The Morgan fingerprint density at radius 2 is 1.67 bits per heavy atom. The number of amides is 5. The number of likely N-dealkylation sites (tertiary alicyclic amines) is 1. The Balaban J connectivity index is 1.46. The van der Waals surface area contributed by atoms with Crippen molar-refractivity contribution in [1.82, 2.24) is 31.2 Å². The third kappa shape index (κ3) is 13.4. The van der Waals surface area contributed by atoms with Crippen LogP contribution in [0.15, 0.2) is 47.5 Å². The average Bonchev–Trinajstić information content (AvgIpc) is 3.71. The number of aliphatic hydroxyl groups is 1. The summed E-state index contributed by atoms with van der Waals surface area (Å²) >= 11 is 0. The van der Waals surface area contributed by atoms with E-state index in [4.69, 9.17) is 17.2 Å². The number of nitro groups is 1. The molecule has 0 saturated carbocycles. The lowest BCUT2D eigenvalue weighted by molar-refractivity contribution is -0.383. The lowest BCUT2D eigenvalue weighted by Crippen LogP contribution is -2.59. The van der Waals surface area contributed by atoms with Crippen LogP contribution in [0, 0.1) is 10.1 Å². The van der Waals surface area contributed by atoms with Gasteiger partial charge in [-0.25, -0.2) is 9.78 Å². The van der Waals surface area contributed by atoms with E-state index in [1.165, 1.54) is 24.0 Å². The van der Waals surface area contributed by atoms with Gasteiger partial charge in [-0.2, -0.15) is 0 Å². The lowest BCUT2D eigenvalue weighted by atomic mass is 10.0. The van der Waals surface area contributed by atoms with E-state index in [1.807, 2.05) is 0 Å². The Morgan fingerprint density at radius 3 is 2.36 bits per heavy atom. The summed E-state index contributed by atoms with van der Waals surface area (Å²) in [5.41, 5.74) is 17.0. The minimum atomic E-state index is -1.52. The summed E-state index contributed by atoms with van der Waals surface area (Å²) in [4.78, 5) is 98.8. The van der Waals surface area contributed by atoms with Crippen LogP contribution in [0.25, 0.3) is 21.8 Å². The van der Waals surface area contributed by atoms with Gasteiger partial charge in [-0.1, -0.05) is 24.3 Å². The Morgan fingerprint density at radius 1 is 0.951 bits per heavy atom. The van der Waals surface area contributed by atoms with Crippen molar-refractivity contribution in [1.29, 1.82) is 0 Å². The molecule has 0 radical (unpaired) electrons. The van der Waals surface area contributed by atoms with E-state index in [0.29, 0.717) is 47.9 Å². The van der Waals surface area contributed by atoms with Gasteiger partial charge < -0.3 is 58.9 Å². The van der Waals surface area contributed by atoms with Gasteiger partial charge in [-0.3, -0.25) is 39.1 Å². The van der Waals surface area contributed by atoms with Crippen LogP contribution in [0.2, 0.25) is 0 Å². The first-order valence-electron chi connectivity index (χ1n) is 19.9. The number of aromatic nitrogens is 1. The molecule has 3 aromatic rings. The van der Waals surface area contributed by atoms with E-state index in [9.17, 15) is 49.1 Å². The molecule has 0 bridgehead atoms. The smallest absolute Gasteiger partial charge is 0.326 e. The fourth-order valence-corrected chi connectivity index (χ4v) is 7.07. The highest BCUT2D eigenvalue weighted by molar-refractivity contribution is 6.11. The Kier molecular flexibility index (Phi) is 17.4. The molecule has 1 fully saturated rings. The number of carbonyl (C=O) groups excluding carboxylic acids is 5. The van der Waals surface area contributed by atoms with E-state index < -0.39 is 70.7 Å². The number of anilines is 1. The van der Waals surface area contributed by atoms with Gasteiger partial charge in [0.2, 0.25) is 29.5 Å². The molecule has 1 aromatic heterocycles. The molecule has 2 aromatic carbocycles. The number of aliphatic carboxylic acids is 1. The quantitative estimate of drug-likeness (QED) is 0.0133. The Hall–Kier alpha value is -6.68. The molecule has 1 aliphatic rings. The maximum atomic E-state index is 14.1. The number of non-ortho nitro benzene ring substituents is 1. The van der Waals surface area contributed by atoms with Gasteiger partial charge in [0, 0.05) is 37.5 Å². The first-order valence-corrected chi connectivity index (χ1v) is 19.9. The molecule has 0 spiro atoms. The van der Waals surface area contributed by atoms with E-state index in [1.54, 1.807) is 30.3 Å². The Labute approximate surface area is 350 Å². The molecule has 61 heavy (non-hydrogen) atoms. The van der Waals surface area contributed by atoms with Gasteiger partial charge >= 0.3 is 5.97 Å². The number of rotatable bonds is 24. The molecule has 13 N–H and O–H groups in total. The number of primary amides is 1. The SMILES string of the molecule is C[C@@H](O)[C@H](NC(=O)CCNc1c2ccccc2nc2cccc([N+](=O)[O-])c12)C(=O)N[C@@H](CCCCNCC(N)=O)C(=O)N1CCC[C@H]1C(=O)N[C@@H](CCCN=C(N)N)C(=O)O. The molecule has 1 aliphatic heterocycles. The van der Waals surface area contributed by atoms with Crippen LogP contribution in [0.5, 0.6) is 0 Å². The standard InChI is InChI=1S/C39H54N12O10/c1-22(52)33(49-31(54)16-19-44-34-23-9-2-3-10-24(23)46-25-12-6-14-28(32(25)34)51(60)61)36(56)47-26(11-4-5-17-43-21-30(40)53)37(57)50-20-8-15-29(50)35(55)48-27(38(58)59)13-7-18-45-39(41)42/h2-3,6,9-10,12,14,22,26-27,29,33,43,52H,4-5,7-8,11,13,15-21H2,1H3,(H2,40,53)(H,44,46)(H,47,56)(H,48,55)(H,49,54)(H,58,59)(H4,41,42,45)/t22-,26+,27+,29+,33+/m1/s1. The number of nitrogens with one attached hydrogen (secondary N) is 5. The summed E-state index contributed by atoms with van der Waals surface area (Å²) in [7, 11) is 0. The molecular weight excluding hydrogens is 797 g/mol. The van der Waals surface area contributed by atoms with Crippen LogP contribution < -0.4 is 43.8 Å². The number of nitro benzene ring substituents is 1. The maximum Gasteiger partial charge on any atom is 0.326 e. The average molecular weight is 851 g/mol. The summed E-state index contributed by atoms with van der Waals surface area (Å²) in [6, 6.07) is 6.49. The number of aliphatic imine (C=N–C) groups is 1. The number of para-hydroxylation sites is 1. The monoisotopic (exact) mass is 850 g/mol. The van der Waals surface area contributed by atoms with E-state index in [-0.39, 0.29) is 75.3 Å². The molecule has 0 aliphatic carbocycles. The molecule has 2 heterocycles. The van der Waals surface area contributed by atoms with Gasteiger partial charge in [-0.15, -0.1) is 0 Å². The lowest BCUT2D eigenvalue weighted by Gasteiger charge is -2.31. The number of hydrogen-bond donors (Lipinski definition) is 10. The number of carbonyl (C=O) groups is 6. The topological polar surface area (TPSA) is 353 Å². The summed E-state index contributed by atoms with van der Waals surface area (Å²) in [6.45, 7) is 1.85. The number of hydrogen-bond acceptors (Lipinski definition) is 13. The molecule has 0 unspecified atom stereocenters. The van der Waals surface area contributed by atoms with Gasteiger partial charge in [0.05, 0.1) is 34.3 Å². The highest BCUT2D eigenvalue weighted by Crippen LogP contribution is 2.36. The summed E-state index contributed by atoms with van der Waals surface area (Å²) in [5, 5.41) is 46.9. The maximum absolute atomic E-state index is 14.1. The minimum absolute atomic E-state index is 0.0174. The Bertz CT molecular complexity index is 2110. The third-order valence-corrected chi connectivity index (χ3v) is 10.0. The van der Waals surface area contributed by atoms with Gasteiger partial charge in [0.1, 0.15) is 29.6 Å². The largest absolute Gasteiger partial charge is 0.480 e. The number of benzene rings is 2. The summed E-state index contributed by atoms with van der Waals surface area (Å²) in [5.74, 6) is -4.84. The molecular formula is C39H54N12O10. The molecule has 22 nitrogen and oxygen atoms in total. The zero-order valence-electron chi connectivity index (χ0n) is 33.8. The molecule has 4 rings (SSSR count). The zero-order chi connectivity index (χ0) is 44.6. The summed E-state index contributed by atoms with van der Waals surface area (Å²) < 4.78 is 0. The van der Waals surface area contributed by atoms with Gasteiger partial charge in [0.25, 0.3) is 5.69 Å². The van der Waals surface area contributed by atoms with Crippen molar-refractivity contribution in [2.45, 2.75) is 88.6 Å². The van der Waals surface area contributed by atoms with Crippen molar-refractivity contribution in [2.24, 2.45) is 22.2 Å². The molecule has 1 saturated heterocycles. The number of pyridine rings is 1. The van der Waals surface area contributed by atoms with Crippen molar-refractivity contribution in [3.8, 4) is 0 Å². The second-order valence-electron chi connectivity index (χ2n) is 14.6. The number of nitrogens with zero attached hydrogens (tertiary/aromatic N) is 4. The highest BCUT2D eigenvalue weighted by Gasteiger charge is 2.39. The van der Waals surface area contributed by atoms with Crippen LogP contribution in [0.1, 0.15) is 58.3 Å². The fraction of sp³-hybridized carbons (Fsp3) is 0.487. The number of carboxylic acids is 1.